The van der Waals surface area contributed by atoms with E-state index in [1.807, 2.05) is 30.3 Å². The maximum absolute atomic E-state index is 5.34. The van der Waals surface area contributed by atoms with E-state index in [2.05, 4.69) is 25.3 Å². The lowest BCUT2D eigenvalue weighted by atomic mass is 10.2. The SMILES string of the molecule is COC12N=CN=C1C(=NCc1ccccc1)NC=N2. The van der Waals surface area contributed by atoms with Crippen LogP contribution in [0.5, 0.6) is 0 Å². The summed E-state index contributed by atoms with van der Waals surface area (Å²) < 4.78 is 5.34. The maximum Gasteiger partial charge on any atom is 0.308 e. The summed E-state index contributed by atoms with van der Waals surface area (Å²) in [6, 6.07) is 10.0. The number of nitrogens with zero attached hydrogens (tertiary/aromatic N) is 4. The van der Waals surface area contributed by atoms with Gasteiger partial charge in [0.2, 0.25) is 0 Å². The van der Waals surface area contributed by atoms with Crippen LogP contribution in [0, 0.1) is 0 Å². The first-order valence-corrected chi connectivity index (χ1v) is 5.90. The van der Waals surface area contributed by atoms with Crippen molar-refractivity contribution < 1.29 is 4.74 Å². The summed E-state index contributed by atoms with van der Waals surface area (Å²) in [6.45, 7) is 0.565. The van der Waals surface area contributed by atoms with Crippen LogP contribution in [0.1, 0.15) is 5.56 Å². The fourth-order valence-electron chi connectivity index (χ4n) is 1.95. The molecule has 0 aliphatic carbocycles. The highest BCUT2D eigenvalue weighted by atomic mass is 16.5. The first kappa shape index (κ1) is 11.7. The van der Waals surface area contributed by atoms with Crippen molar-refractivity contribution in [1.82, 2.24) is 5.32 Å². The molecule has 19 heavy (non-hydrogen) atoms. The predicted molar refractivity (Wildman–Crippen MR) is 74.9 cm³/mol. The molecule has 0 saturated heterocycles. The van der Waals surface area contributed by atoms with Crippen LogP contribution in [0.4, 0.5) is 0 Å². The number of ether oxygens (including phenoxy) is 1. The quantitative estimate of drug-likeness (QED) is 0.875. The van der Waals surface area contributed by atoms with Gasteiger partial charge in [0, 0.05) is 7.11 Å². The second kappa shape index (κ2) is 4.74. The van der Waals surface area contributed by atoms with Gasteiger partial charge in [-0.3, -0.25) is 4.99 Å². The fourth-order valence-corrected chi connectivity index (χ4v) is 1.95. The van der Waals surface area contributed by atoms with Gasteiger partial charge >= 0.3 is 5.85 Å². The number of nitrogens with one attached hydrogen (secondary N) is 1. The summed E-state index contributed by atoms with van der Waals surface area (Å²) in [5.74, 6) is -0.418. The number of methoxy groups -OCH3 is 1. The lowest BCUT2D eigenvalue weighted by Crippen LogP contribution is -2.49. The molecule has 1 aromatic rings. The number of hydrogen-bond acceptors (Lipinski definition) is 5. The van der Waals surface area contributed by atoms with Crippen molar-refractivity contribution in [3.8, 4) is 0 Å². The van der Waals surface area contributed by atoms with Gasteiger partial charge in [-0.05, 0) is 5.56 Å². The molecule has 0 amide bonds. The zero-order valence-electron chi connectivity index (χ0n) is 10.4. The molecule has 1 N–H and O–H groups in total. The third kappa shape index (κ3) is 2.06. The van der Waals surface area contributed by atoms with Crippen LogP contribution in [0.3, 0.4) is 0 Å². The lowest BCUT2D eigenvalue weighted by Gasteiger charge is -2.25. The van der Waals surface area contributed by atoms with E-state index in [4.69, 9.17) is 4.74 Å². The van der Waals surface area contributed by atoms with Crippen molar-refractivity contribution in [3.05, 3.63) is 35.9 Å². The molecule has 0 saturated carbocycles. The minimum Gasteiger partial charge on any atom is -0.334 e. The van der Waals surface area contributed by atoms with Gasteiger partial charge in [0.15, 0.2) is 11.5 Å². The highest BCUT2D eigenvalue weighted by Gasteiger charge is 2.42. The normalized spacial score (nSPS) is 26.2. The Morgan fingerprint density at radius 2 is 2.11 bits per heavy atom. The molecule has 0 fully saturated rings. The summed E-state index contributed by atoms with van der Waals surface area (Å²) in [7, 11) is 1.55. The first-order chi connectivity index (χ1) is 9.34. The van der Waals surface area contributed by atoms with Crippen molar-refractivity contribution in [2.45, 2.75) is 12.4 Å². The Balaban J connectivity index is 1.85. The largest absolute Gasteiger partial charge is 0.334 e. The van der Waals surface area contributed by atoms with E-state index in [1.54, 1.807) is 7.11 Å². The second-order valence-corrected chi connectivity index (χ2v) is 4.09. The van der Waals surface area contributed by atoms with Gasteiger partial charge in [0.25, 0.3) is 0 Å². The van der Waals surface area contributed by atoms with E-state index in [1.165, 1.54) is 12.7 Å². The highest BCUT2D eigenvalue weighted by Crippen LogP contribution is 2.22. The van der Waals surface area contributed by atoms with Crippen LogP contribution >= 0.6 is 0 Å². The molecule has 0 spiro atoms. The van der Waals surface area contributed by atoms with Gasteiger partial charge in [0.1, 0.15) is 6.34 Å². The van der Waals surface area contributed by atoms with Gasteiger partial charge in [-0.1, -0.05) is 30.3 Å². The van der Waals surface area contributed by atoms with E-state index >= 15 is 0 Å². The molecule has 6 heteroatoms. The predicted octanol–water partition coefficient (Wildman–Crippen LogP) is 1.000. The van der Waals surface area contributed by atoms with E-state index in [9.17, 15) is 0 Å². The van der Waals surface area contributed by atoms with Crippen LogP contribution in [-0.4, -0.2) is 37.2 Å². The first-order valence-electron chi connectivity index (χ1n) is 5.90. The van der Waals surface area contributed by atoms with Gasteiger partial charge in [-0.25, -0.2) is 15.0 Å². The molecule has 96 valence electrons. The van der Waals surface area contributed by atoms with Crippen molar-refractivity contribution in [1.29, 1.82) is 0 Å². The maximum atomic E-state index is 5.34. The molecule has 0 bridgehead atoms. The Hall–Kier alpha value is -2.34. The Kier molecular flexibility index (Phi) is 2.92. The minimum atomic E-state index is -1.05. The molecule has 2 heterocycles. The topological polar surface area (TPSA) is 70.7 Å². The van der Waals surface area contributed by atoms with E-state index in [-0.39, 0.29) is 0 Å². The van der Waals surface area contributed by atoms with Crippen LogP contribution in [0.15, 0.2) is 50.3 Å². The molecular weight excluding hydrogens is 242 g/mol. The Labute approximate surface area is 110 Å². The van der Waals surface area contributed by atoms with Gasteiger partial charge in [0.05, 0.1) is 12.9 Å². The number of fused-ring (bicyclic) bond motifs is 1. The van der Waals surface area contributed by atoms with E-state index in [0.717, 1.165) is 5.56 Å². The Morgan fingerprint density at radius 3 is 2.89 bits per heavy atom. The van der Waals surface area contributed by atoms with Crippen LogP contribution < -0.4 is 5.32 Å². The molecule has 0 radical (unpaired) electrons. The molecule has 2 aliphatic heterocycles. The summed E-state index contributed by atoms with van der Waals surface area (Å²) in [4.78, 5) is 17.0. The summed E-state index contributed by atoms with van der Waals surface area (Å²) >= 11 is 0. The molecule has 1 unspecified atom stereocenters. The zero-order chi connectivity index (χ0) is 13.1. The fraction of sp³-hybridized carbons (Fsp3) is 0.231. The summed E-state index contributed by atoms with van der Waals surface area (Å²) in [5.41, 5.74) is 1.72. The van der Waals surface area contributed by atoms with Crippen LogP contribution in [0.25, 0.3) is 0 Å². The minimum absolute atomic E-state index is 0.565. The zero-order valence-corrected chi connectivity index (χ0v) is 10.4. The number of benzene rings is 1. The molecule has 6 nitrogen and oxygen atoms in total. The number of amidine groups is 1. The molecule has 1 aromatic carbocycles. The van der Waals surface area contributed by atoms with Crippen LogP contribution in [-0.2, 0) is 11.3 Å². The summed E-state index contributed by atoms with van der Waals surface area (Å²) in [5, 5.41) is 2.99. The molecule has 3 rings (SSSR count). The average Bonchev–Trinajstić information content (AvgIpc) is 2.91. The van der Waals surface area contributed by atoms with Crippen LogP contribution in [0.2, 0.25) is 0 Å². The lowest BCUT2D eigenvalue weighted by molar-refractivity contribution is 0.0698. The van der Waals surface area contributed by atoms with Gasteiger partial charge < -0.3 is 10.1 Å². The van der Waals surface area contributed by atoms with E-state index < -0.39 is 5.85 Å². The van der Waals surface area contributed by atoms with Gasteiger partial charge in [-0.2, -0.15) is 0 Å². The van der Waals surface area contributed by atoms with E-state index in [0.29, 0.717) is 18.1 Å². The third-order valence-electron chi connectivity index (χ3n) is 2.94. The standard InChI is InChI=1S/C13H13N5O/c1-19-13-11(15-8-17-13)12(16-9-18-13)14-7-10-5-3-2-4-6-10/h2-6,8-9H,7H2,1H3,(H,14,16,18). The van der Waals surface area contributed by atoms with Gasteiger partial charge in [-0.15, -0.1) is 0 Å². The number of aliphatic imine (C=N–C) groups is 4. The smallest absolute Gasteiger partial charge is 0.308 e. The van der Waals surface area contributed by atoms with Crippen molar-refractivity contribution >= 4 is 24.2 Å². The monoisotopic (exact) mass is 255 g/mol. The third-order valence-corrected chi connectivity index (χ3v) is 2.94. The molecule has 0 aromatic heterocycles. The average molecular weight is 255 g/mol. The highest BCUT2D eigenvalue weighted by molar-refractivity contribution is 6.48. The molecule has 1 atom stereocenters. The second-order valence-electron chi connectivity index (χ2n) is 4.09. The number of rotatable bonds is 3. The molecule has 2 aliphatic rings. The Bertz CT molecular complexity index is 590. The molecular formula is C13H13N5O. The van der Waals surface area contributed by atoms with Crippen molar-refractivity contribution in [2.24, 2.45) is 20.0 Å². The number of hydrogen-bond donors (Lipinski definition) is 1. The van der Waals surface area contributed by atoms with Crippen molar-refractivity contribution in [2.75, 3.05) is 7.11 Å². The van der Waals surface area contributed by atoms with Crippen molar-refractivity contribution in [3.63, 3.8) is 0 Å². The Morgan fingerprint density at radius 1 is 1.26 bits per heavy atom. The summed E-state index contributed by atoms with van der Waals surface area (Å²) in [6.07, 6.45) is 2.98.